The summed E-state index contributed by atoms with van der Waals surface area (Å²) < 4.78 is 78.7. The molecule has 0 heterocycles. The summed E-state index contributed by atoms with van der Waals surface area (Å²) in [6.07, 6.45) is 1.07. The van der Waals surface area contributed by atoms with Crippen LogP contribution in [0.25, 0.3) is 21.5 Å². The number of hydrogen-bond donors (Lipinski definition) is 0. The molecule has 0 unspecified atom stereocenters. The normalized spacial score (nSPS) is 11.7. The summed E-state index contributed by atoms with van der Waals surface area (Å²) in [5, 5.41) is 4.56. The molecule has 0 bridgehead atoms. The summed E-state index contributed by atoms with van der Waals surface area (Å²) in [5.74, 6) is 1.61. The van der Waals surface area contributed by atoms with Crippen LogP contribution in [-0.2, 0) is 32.9 Å². The fraction of sp³-hybridized carbons (Fsp3) is 0.120. The minimum absolute atomic E-state index is 0.0646. The van der Waals surface area contributed by atoms with E-state index in [2.05, 4.69) is 48.5 Å². The summed E-state index contributed by atoms with van der Waals surface area (Å²) >= 11 is 0. The monoisotopic (exact) mass is 834 g/mol. The van der Waals surface area contributed by atoms with Crippen LogP contribution in [0.1, 0.15) is 24.0 Å². The third kappa shape index (κ3) is 9.31. The molecule has 0 aliphatic heterocycles. The van der Waals surface area contributed by atoms with Gasteiger partial charge in [-0.05, 0) is 130 Å². The summed E-state index contributed by atoms with van der Waals surface area (Å²) in [5.41, 5.74) is 2.02. The first-order chi connectivity index (χ1) is 29.2. The Morgan fingerprint density at radius 2 is 0.717 bits per heavy atom. The predicted molar refractivity (Wildman–Crippen MR) is 233 cm³/mol. The van der Waals surface area contributed by atoms with E-state index in [9.17, 15) is 16.8 Å². The molecule has 0 radical (unpaired) electrons. The maximum atomic E-state index is 13.7. The first-order valence-corrected chi connectivity index (χ1v) is 22.6. The van der Waals surface area contributed by atoms with E-state index in [-0.39, 0.29) is 44.3 Å². The van der Waals surface area contributed by atoms with Crippen LogP contribution in [0.4, 0.5) is 0 Å². The number of ether oxygens (including phenoxy) is 4. The molecule has 8 nitrogen and oxygen atoms in total. The molecule has 302 valence electrons. The van der Waals surface area contributed by atoms with Gasteiger partial charge in [0.2, 0.25) is 19.7 Å². The Morgan fingerprint density at radius 1 is 0.350 bits per heavy atom. The van der Waals surface area contributed by atoms with E-state index in [4.69, 9.17) is 18.9 Å². The summed E-state index contributed by atoms with van der Waals surface area (Å²) in [4.78, 5) is 0.379. The Hall–Kier alpha value is -6.62. The largest absolute Gasteiger partial charge is 0.492 e. The minimum Gasteiger partial charge on any atom is -0.492 e. The van der Waals surface area contributed by atoms with Gasteiger partial charge < -0.3 is 18.9 Å². The standard InChI is InChI=1S/C50H42O8S2/c51-59(52,45-27-23-43(24-28-45)57-35-37-19-21-39-11-1-3-13-41(39)33-37)49-17-7-5-15-47(49)55-31-9-10-32-56-48-16-6-8-18-50(48)60(53,54)46-29-25-44(26-30-46)58-36-38-20-22-40-12-2-4-14-42(40)34-38/h1-8,11-30,33-34H,9-10,31-32,35-36H2. The molecule has 8 aromatic carbocycles. The van der Waals surface area contributed by atoms with Crippen LogP contribution in [0, 0.1) is 0 Å². The maximum absolute atomic E-state index is 13.7. The SMILES string of the molecule is O=S(=O)(c1ccc(OCc2ccc3ccccc3c2)cc1)c1ccccc1OCCCCOc1ccccc1S(=O)(=O)c1ccc(OCc2ccc3ccccc3c2)cc1. The van der Waals surface area contributed by atoms with Crippen LogP contribution in [0.2, 0.25) is 0 Å². The highest BCUT2D eigenvalue weighted by Gasteiger charge is 2.24. The highest BCUT2D eigenvalue weighted by Crippen LogP contribution is 2.32. The van der Waals surface area contributed by atoms with E-state index in [1.54, 1.807) is 60.7 Å². The van der Waals surface area contributed by atoms with Crippen LogP contribution in [0.5, 0.6) is 23.0 Å². The Balaban J connectivity index is 0.824. The highest BCUT2D eigenvalue weighted by molar-refractivity contribution is 7.92. The number of para-hydroxylation sites is 2. The lowest BCUT2D eigenvalue weighted by Gasteiger charge is -2.14. The van der Waals surface area contributed by atoms with E-state index >= 15 is 0 Å². The number of unbranched alkanes of at least 4 members (excludes halogenated alkanes) is 1. The quantitative estimate of drug-likeness (QED) is 0.0835. The molecule has 60 heavy (non-hydrogen) atoms. The van der Waals surface area contributed by atoms with Gasteiger partial charge in [0.25, 0.3) is 0 Å². The highest BCUT2D eigenvalue weighted by atomic mass is 32.2. The van der Waals surface area contributed by atoms with Crippen molar-refractivity contribution in [3.8, 4) is 23.0 Å². The molecule has 8 aromatic rings. The maximum Gasteiger partial charge on any atom is 0.210 e. The zero-order valence-electron chi connectivity index (χ0n) is 32.6. The summed E-state index contributed by atoms with van der Waals surface area (Å²) in [7, 11) is -7.79. The molecule has 0 saturated carbocycles. The van der Waals surface area contributed by atoms with Crippen LogP contribution < -0.4 is 18.9 Å². The van der Waals surface area contributed by atoms with E-state index < -0.39 is 19.7 Å². The molecule has 0 fully saturated rings. The lowest BCUT2D eigenvalue weighted by molar-refractivity contribution is 0.260. The van der Waals surface area contributed by atoms with Gasteiger partial charge in [0.15, 0.2) is 0 Å². The molecule has 0 amide bonds. The van der Waals surface area contributed by atoms with E-state index in [1.807, 2.05) is 36.4 Å². The van der Waals surface area contributed by atoms with Crippen LogP contribution >= 0.6 is 0 Å². The third-order valence-electron chi connectivity index (χ3n) is 10.0. The molecule has 0 aliphatic rings. The molecule has 0 aromatic heterocycles. The van der Waals surface area contributed by atoms with E-state index in [1.165, 1.54) is 36.4 Å². The third-order valence-corrected chi connectivity index (χ3v) is 13.7. The second kappa shape index (κ2) is 18.1. The van der Waals surface area contributed by atoms with Crippen LogP contribution in [0.15, 0.2) is 202 Å². The number of fused-ring (bicyclic) bond motifs is 2. The molecular weight excluding hydrogens is 793 g/mol. The second-order valence-corrected chi connectivity index (χ2v) is 18.0. The van der Waals surface area contributed by atoms with Crippen molar-refractivity contribution < 1.29 is 35.8 Å². The van der Waals surface area contributed by atoms with Gasteiger partial charge in [-0.1, -0.05) is 97.1 Å². The van der Waals surface area contributed by atoms with Crippen molar-refractivity contribution in [3.63, 3.8) is 0 Å². The molecule has 0 aliphatic carbocycles. The fourth-order valence-electron chi connectivity index (χ4n) is 6.83. The average Bonchev–Trinajstić information content (AvgIpc) is 3.29. The van der Waals surface area contributed by atoms with Gasteiger partial charge in [-0.2, -0.15) is 0 Å². The Bertz CT molecular complexity index is 2760. The number of hydrogen-bond acceptors (Lipinski definition) is 8. The first-order valence-electron chi connectivity index (χ1n) is 19.6. The van der Waals surface area contributed by atoms with Gasteiger partial charge in [0, 0.05) is 0 Å². The minimum atomic E-state index is -3.90. The predicted octanol–water partition coefficient (Wildman–Crippen LogP) is 11.1. The van der Waals surface area contributed by atoms with E-state index in [0.29, 0.717) is 37.6 Å². The molecule has 0 spiro atoms. The van der Waals surface area contributed by atoms with Crippen molar-refractivity contribution in [1.29, 1.82) is 0 Å². The summed E-state index contributed by atoms with van der Waals surface area (Å²) in [6, 6.07) is 54.4. The zero-order valence-corrected chi connectivity index (χ0v) is 34.3. The van der Waals surface area contributed by atoms with Crippen LogP contribution in [-0.4, -0.2) is 30.0 Å². The molecule has 8 rings (SSSR count). The topological polar surface area (TPSA) is 105 Å². The van der Waals surface area contributed by atoms with Gasteiger partial charge >= 0.3 is 0 Å². The lowest BCUT2D eigenvalue weighted by Crippen LogP contribution is -2.09. The van der Waals surface area contributed by atoms with Crippen LogP contribution in [0.3, 0.4) is 0 Å². The number of rotatable bonds is 17. The Kier molecular flexibility index (Phi) is 12.1. The number of sulfone groups is 2. The van der Waals surface area contributed by atoms with E-state index in [0.717, 1.165) is 32.7 Å². The van der Waals surface area contributed by atoms with Crippen molar-refractivity contribution in [2.45, 2.75) is 45.6 Å². The molecule has 0 saturated heterocycles. The number of benzene rings is 8. The van der Waals surface area contributed by atoms with Gasteiger partial charge in [0.05, 0.1) is 23.0 Å². The molecular formula is C50H42O8S2. The van der Waals surface area contributed by atoms with Gasteiger partial charge in [-0.3, -0.25) is 0 Å². The molecule has 0 N–H and O–H groups in total. The molecule has 10 heteroatoms. The fourth-order valence-corrected chi connectivity index (χ4v) is 9.62. The smallest absolute Gasteiger partial charge is 0.210 e. The Morgan fingerprint density at radius 3 is 1.13 bits per heavy atom. The average molecular weight is 835 g/mol. The van der Waals surface area contributed by atoms with Crippen molar-refractivity contribution in [2.75, 3.05) is 13.2 Å². The van der Waals surface area contributed by atoms with Gasteiger partial charge in [-0.15, -0.1) is 0 Å². The van der Waals surface area contributed by atoms with Crippen molar-refractivity contribution in [2.24, 2.45) is 0 Å². The van der Waals surface area contributed by atoms with Crippen molar-refractivity contribution in [3.05, 3.63) is 193 Å². The summed E-state index contributed by atoms with van der Waals surface area (Å²) in [6.45, 7) is 1.16. The second-order valence-electron chi connectivity index (χ2n) is 14.2. The Labute approximate surface area is 350 Å². The lowest BCUT2D eigenvalue weighted by atomic mass is 10.1. The van der Waals surface area contributed by atoms with Gasteiger partial charge in [-0.25, -0.2) is 16.8 Å². The van der Waals surface area contributed by atoms with Gasteiger partial charge in [0.1, 0.15) is 46.0 Å². The molecule has 0 atom stereocenters. The first kappa shape index (κ1) is 40.2. The van der Waals surface area contributed by atoms with Crippen molar-refractivity contribution >= 4 is 41.2 Å². The zero-order chi connectivity index (χ0) is 41.4. The van der Waals surface area contributed by atoms with Crippen molar-refractivity contribution in [1.82, 2.24) is 0 Å².